The Hall–Kier alpha value is -2.20. The van der Waals surface area contributed by atoms with Gasteiger partial charge >= 0.3 is 6.03 Å². The molecule has 1 aliphatic rings. The first-order valence-corrected chi connectivity index (χ1v) is 13.6. The van der Waals surface area contributed by atoms with Gasteiger partial charge in [-0.2, -0.15) is 0 Å². The number of aromatic nitrogens is 2. The zero-order chi connectivity index (χ0) is 24.8. The number of para-hydroxylation sites is 2. The van der Waals surface area contributed by atoms with Crippen molar-refractivity contribution < 1.29 is 9.53 Å². The number of thioether (sulfide) groups is 1. The molecule has 9 heteroatoms. The van der Waals surface area contributed by atoms with Crippen LogP contribution >= 0.6 is 24.6 Å². The molecule has 1 saturated heterocycles. The molecule has 3 aromatic rings. The second-order valence-electron chi connectivity index (χ2n) is 9.31. The van der Waals surface area contributed by atoms with Gasteiger partial charge in [0.05, 0.1) is 17.1 Å². The summed E-state index contributed by atoms with van der Waals surface area (Å²) in [5.41, 5.74) is 3.03. The predicted molar refractivity (Wildman–Crippen MR) is 146 cm³/mol. The molecule has 2 heterocycles. The van der Waals surface area contributed by atoms with Crippen LogP contribution in [0.3, 0.4) is 0 Å². The van der Waals surface area contributed by atoms with Gasteiger partial charge in [0.1, 0.15) is 11.9 Å². The highest BCUT2D eigenvalue weighted by Gasteiger charge is 2.26. The van der Waals surface area contributed by atoms with E-state index in [4.69, 9.17) is 9.72 Å². The zero-order valence-electron chi connectivity index (χ0n) is 20.6. The molecule has 2 amide bonds. The van der Waals surface area contributed by atoms with Crippen LogP contribution in [0.5, 0.6) is 0 Å². The molecule has 0 bridgehead atoms. The van der Waals surface area contributed by atoms with E-state index in [-0.39, 0.29) is 24.3 Å². The van der Waals surface area contributed by atoms with E-state index in [1.807, 2.05) is 38.1 Å². The van der Waals surface area contributed by atoms with Crippen LogP contribution in [0.2, 0.25) is 0 Å². The number of benzene rings is 2. The molecule has 35 heavy (non-hydrogen) atoms. The molecule has 2 aromatic carbocycles. The SMILES string of the molecule is CC(C)NC(=O)N(S)CCSc1cccc(C(OC2CCN(C)CC2)c2nc3ccccc3[nH]2)c1. The number of piperidine rings is 1. The van der Waals surface area contributed by atoms with E-state index >= 15 is 0 Å². The number of rotatable bonds is 9. The Morgan fingerprint density at radius 1 is 1.26 bits per heavy atom. The summed E-state index contributed by atoms with van der Waals surface area (Å²) in [7, 11) is 2.16. The van der Waals surface area contributed by atoms with E-state index < -0.39 is 0 Å². The van der Waals surface area contributed by atoms with Crippen LogP contribution in [0.15, 0.2) is 53.4 Å². The number of ether oxygens (including phenoxy) is 1. The average molecular weight is 514 g/mol. The third-order valence-corrected chi connectivity index (χ3v) is 7.39. The summed E-state index contributed by atoms with van der Waals surface area (Å²) in [4.78, 5) is 23.9. The monoisotopic (exact) mass is 513 g/mol. The Bertz CT molecular complexity index is 1080. The molecule has 4 rings (SSSR count). The van der Waals surface area contributed by atoms with Crippen LogP contribution in [-0.2, 0) is 4.74 Å². The number of likely N-dealkylation sites (tertiary alicyclic amines) is 1. The van der Waals surface area contributed by atoms with Crippen molar-refractivity contribution in [1.29, 1.82) is 0 Å². The second kappa shape index (κ2) is 12.2. The van der Waals surface area contributed by atoms with Crippen molar-refractivity contribution in [3.8, 4) is 0 Å². The van der Waals surface area contributed by atoms with Crippen molar-refractivity contribution in [3.63, 3.8) is 0 Å². The molecule has 0 spiro atoms. The van der Waals surface area contributed by atoms with Crippen LogP contribution in [0.1, 0.15) is 44.2 Å². The van der Waals surface area contributed by atoms with Gasteiger partial charge in [0.25, 0.3) is 0 Å². The summed E-state index contributed by atoms with van der Waals surface area (Å²) in [5, 5.41) is 2.86. The van der Waals surface area contributed by atoms with Crippen LogP contribution in [0, 0.1) is 0 Å². The lowest BCUT2D eigenvalue weighted by Crippen LogP contribution is -2.39. The van der Waals surface area contributed by atoms with Gasteiger partial charge in [-0.3, -0.25) is 4.31 Å². The number of H-pyrrole nitrogens is 1. The Kier molecular flexibility index (Phi) is 8.99. The van der Waals surface area contributed by atoms with Crippen molar-refractivity contribution in [2.24, 2.45) is 0 Å². The molecule has 1 aliphatic heterocycles. The Labute approximate surface area is 217 Å². The molecule has 188 valence electrons. The summed E-state index contributed by atoms with van der Waals surface area (Å²) in [6.45, 7) is 6.49. The van der Waals surface area contributed by atoms with E-state index in [1.54, 1.807) is 11.8 Å². The zero-order valence-corrected chi connectivity index (χ0v) is 22.3. The smallest absolute Gasteiger partial charge is 0.327 e. The van der Waals surface area contributed by atoms with E-state index in [0.29, 0.717) is 6.54 Å². The van der Waals surface area contributed by atoms with Crippen LogP contribution in [-0.4, -0.2) is 69.8 Å². The molecule has 1 fully saturated rings. The van der Waals surface area contributed by atoms with Crippen molar-refractivity contribution in [2.45, 2.75) is 49.8 Å². The topological polar surface area (TPSA) is 73.5 Å². The molecule has 1 atom stereocenters. The van der Waals surface area contributed by atoms with Gasteiger partial charge in [-0.15, -0.1) is 11.8 Å². The maximum absolute atomic E-state index is 12.1. The van der Waals surface area contributed by atoms with Crippen LogP contribution in [0.4, 0.5) is 4.79 Å². The standard InChI is InChI=1S/C26H35N5O2S2/c1-18(2)27-26(32)31(34)15-16-35-21-8-6-7-19(17-21)24(33-20-11-13-30(3)14-12-20)25-28-22-9-4-5-10-23(22)29-25/h4-10,17-18,20,24,34H,11-16H2,1-3H3,(H,27,32)(H,28,29). The molecule has 1 unspecified atom stereocenters. The quantitative estimate of drug-likeness (QED) is 0.274. The van der Waals surface area contributed by atoms with Crippen molar-refractivity contribution in [2.75, 3.05) is 32.4 Å². The summed E-state index contributed by atoms with van der Waals surface area (Å²) in [6, 6.07) is 16.4. The average Bonchev–Trinajstić information content (AvgIpc) is 3.27. The summed E-state index contributed by atoms with van der Waals surface area (Å²) in [6.07, 6.45) is 1.95. The lowest BCUT2D eigenvalue weighted by Gasteiger charge is -2.31. The predicted octanol–water partition coefficient (Wildman–Crippen LogP) is 5.12. The van der Waals surface area contributed by atoms with Crippen molar-refractivity contribution >= 4 is 41.6 Å². The van der Waals surface area contributed by atoms with Gasteiger partial charge in [0, 0.05) is 36.3 Å². The lowest BCUT2D eigenvalue weighted by atomic mass is 10.1. The number of nitrogens with one attached hydrogen (secondary N) is 2. The Balaban J connectivity index is 1.49. The summed E-state index contributed by atoms with van der Waals surface area (Å²) in [5.74, 6) is 1.57. The van der Waals surface area contributed by atoms with Crippen molar-refractivity contribution in [3.05, 3.63) is 59.9 Å². The van der Waals surface area contributed by atoms with Gasteiger partial charge in [-0.05, 0) is 63.6 Å². The van der Waals surface area contributed by atoms with E-state index in [1.165, 1.54) is 4.31 Å². The molecule has 7 nitrogen and oxygen atoms in total. The Morgan fingerprint density at radius 3 is 2.77 bits per heavy atom. The second-order valence-corrected chi connectivity index (χ2v) is 11.0. The first-order chi connectivity index (χ1) is 16.9. The number of thiol groups is 1. The number of amides is 2. The number of imidazole rings is 1. The number of aromatic amines is 1. The third-order valence-electron chi connectivity index (χ3n) is 6.03. The molecular weight excluding hydrogens is 478 g/mol. The molecule has 1 aromatic heterocycles. The third kappa shape index (κ3) is 7.16. The van der Waals surface area contributed by atoms with Crippen molar-refractivity contribution in [1.82, 2.24) is 24.5 Å². The first-order valence-electron chi connectivity index (χ1n) is 12.2. The normalized spacial score (nSPS) is 16.0. The van der Waals surface area contributed by atoms with Gasteiger partial charge in [0.2, 0.25) is 0 Å². The van der Waals surface area contributed by atoms with Gasteiger partial charge in [0.15, 0.2) is 0 Å². The summed E-state index contributed by atoms with van der Waals surface area (Å²) >= 11 is 6.02. The fraction of sp³-hybridized carbons (Fsp3) is 0.462. The van der Waals surface area contributed by atoms with E-state index in [2.05, 4.69) is 59.3 Å². The molecular formula is C26H35N5O2S2. The molecule has 0 radical (unpaired) electrons. The molecule has 0 saturated carbocycles. The number of nitrogens with zero attached hydrogens (tertiary/aromatic N) is 3. The number of carbonyl (C=O) groups excluding carboxylic acids is 1. The lowest BCUT2D eigenvalue weighted by molar-refractivity contribution is -0.0264. The van der Waals surface area contributed by atoms with E-state index in [0.717, 1.165) is 59.0 Å². The van der Waals surface area contributed by atoms with Gasteiger partial charge in [-0.1, -0.05) is 37.1 Å². The fourth-order valence-corrected chi connectivity index (χ4v) is 5.35. The minimum absolute atomic E-state index is 0.0845. The number of carbonyl (C=O) groups is 1. The van der Waals surface area contributed by atoms with Crippen LogP contribution < -0.4 is 5.32 Å². The highest BCUT2D eigenvalue weighted by molar-refractivity contribution is 7.99. The summed E-state index contributed by atoms with van der Waals surface area (Å²) < 4.78 is 8.13. The highest BCUT2D eigenvalue weighted by Crippen LogP contribution is 2.32. The van der Waals surface area contributed by atoms with Gasteiger partial charge < -0.3 is 19.9 Å². The fourth-order valence-electron chi connectivity index (χ4n) is 4.15. The Morgan fingerprint density at radius 2 is 2.03 bits per heavy atom. The maximum Gasteiger partial charge on any atom is 0.327 e. The molecule has 2 N–H and O–H groups in total. The number of urea groups is 1. The molecule has 0 aliphatic carbocycles. The van der Waals surface area contributed by atoms with Gasteiger partial charge in [-0.25, -0.2) is 9.78 Å². The highest BCUT2D eigenvalue weighted by atomic mass is 32.2. The largest absolute Gasteiger partial charge is 0.362 e. The number of hydrogen-bond acceptors (Lipinski definition) is 6. The van der Waals surface area contributed by atoms with Crippen LogP contribution in [0.25, 0.3) is 11.0 Å². The maximum atomic E-state index is 12.1. The minimum atomic E-state index is -0.269. The number of hydrogen-bond donors (Lipinski definition) is 3. The minimum Gasteiger partial charge on any atom is -0.362 e. The number of fused-ring (bicyclic) bond motifs is 1. The first kappa shape index (κ1) is 25.9. The van der Waals surface area contributed by atoms with E-state index in [9.17, 15) is 4.79 Å².